The lowest BCUT2D eigenvalue weighted by Crippen LogP contribution is -2.39. The van der Waals surface area contributed by atoms with Gasteiger partial charge in [-0.25, -0.2) is 14.1 Å². The van der Waals surface area contributed by atoms with Gasteiger partial charge in [0.25, 0.3) is 0 Å². The van der Waals surface area contributed by atoms with E-state index in [9.17, 15) is 14.0 Å². The van der Waals surface area contributed by atoms with E-state index in [4.69, 9.17) is 9.47 Å². The summed E-state index contributed by atoms with van der Waals surface area (Å²) >= 11 is 0. The van der Waals surface area contributed by atoms with Gasteiger partial charge in [-0.05, 0) is 62.2 Å². The van der Waals surface area contributed by atoms with Gasteiger partial charge in [0, 0.05) is 0 Å². The Kier molecular flexibility index (Phi) is 4.44. The van der Waals surface area contributed by atoms with Crippen LogP contribution in [0.2, 0.25) is 0 Å². The van der Waals surface area contributed by atoms with Crippen molar-refractivity contribution in [1.29, 1.82) is 0 Å². The van der Waals surface area contributed by atoms with E-state index in [1.165, 1.54) is 19.2 Å². The van der Waals surface area contributed by atoms with Crippen molar-refractivity contribution < 1.29 is 23.5 Å². The van der Waals surface area contributed by atoms with E-state index in [-0.39, 0.29) is 0 Å². The molecule has 26 heavy (non-hydrogen) atoms. The van der Waals surface area contributed by atoms with E-state index >= 15 is 0 Å². The minimum absolute atomic E-state index is 0.394. The Morgan fingerprint density at radius 1 is 1.12 bits per heavy atom. The largest absolute Gasteiger partial charge is 0.497 e. The second kappa shape index (κ2) is 6.44. The number of imide groups is 1. The van der Waals surface area contributed by atoms with Crippen molar-refractivity contribution in [2.45, 2.75) is 32.3 Å². The van der Waals surface area contributed by atoms with Crippen LogP contribution in [0.1, 0.15) is 37.8 Å². The Bertz CT molecular complexity index is 855. The number of nitrogens with zero attached hydrogens (tertiary/aromatic N) is 1. The highest BCUT2D eigenvalue weighted by Gasteiger charge is 2.43. The van der Waals surface area contributed by atoms with Crippen molar-refractivity contribution in [3.8, 4) is 5.75 Å². The van der Waals surface area contributed by atoms with Crippen LogP contribution in [-0.4, -0.2) is 24.7 Å². The van der Waals surface area contributed by atoms with Gasteiger partial charge in [0.1, 0.15) is 17.2 Å². The smallest absolute Gasteiger partial charge is 0.421 e. The van der Waals surface area contributed by atoms with Crippen LogP contribution in [0, 0.1) is 5.82 Å². The molecular formula is C20H20FNO4. The molecule has 0 N–H and O–H groups in total. The number of amides is 2. The van der Waals surface area contributed by atoms with Crippen LogP contribution in [0.15, 0.2) is 42.5 Å². The van der Waals surface area contributed by atoms with Crippen LogP contribution in [0.25, 0.3) is 0 Å². The molecule has 0 saturated carbocycles. The van der Waals surface area contributed by atoms with Crippen molar-refractivity contribution in [1.82, 2.24) is 0 Å². The molecule has 0 fully saturated rings. The Hall–Kier alpha value is -2.89. The van der Waals surface area contributed by atoms with Crippen LogP contribution >= 0.6 is 0 Å². The molecule has 3 rings (SSSR count). The SMILES string of the molecule is COc1ccc2c(c1)C(c1ccc(F)cc1)C(=O)N2C(=O)OC(C)(C)C. The Morgan fingerprint density at radius 3 is 2.35 bits per heavy atom. The van der Waals surface area contributed by atoms with E-state index in [0.29, 0.717) is 22.6 Å². The lowest BCUT2D eigenvalue weighted by atomic mass is 9.92. The molecule has 1 aliphatic rings. The molecule has 0 saturated heterocycles. The van der Waals surface area contributed by atoms with E-state index < -0.39 is 29.3 Å². The lowest BCUT2D eigenvalue weighted by Gasteiger charge is -2.24. The van der Waals surface area contributed by atoms with Crippen molar-refractivity contribution in [2.24, 2.45) is 0 Å². The van der Waals surface area contributed by atoms with Crippen LogP contribution in [0.5, 0.6) is 5.75 Å². The van der Waals surface area contributed by atoms with E-state index in [2.05, 4.69) is 0 Å². The maximum atomic E-state index is 13.3. The molecule has 1 atom stereocenters. The first-order valence-electron chi connectivity index (χ1n) is 8.21. The minimum atomic E-state index is -0.738. The minimum Gasteiger partial charge on any atom is -0.497 e. The molecular weight excluding hydrogens is 337 g/mol. The summed E-state index contributed by atoms with van der Waals surface area (Å²) in [5, 5.41) is 0. The fraction of sp³-hybridized carbons (Fsp3) is 0.300. The average Bonchev–Trinajstić information content (AvgIpc) is 2.85. The standard InChI is InChI=1S/C20H20FNO4/c1-20(2,3)26-19(24)22-16-10-9-14(25-4)11-15(16)17(18(22)23)12-5-7-13(21)8-6-12/h5-11,17H,1-4H3. The number of halogens is 1. The number of ether oxygens (including phenoxy) is 2. The summed E-state index contributed by atoms with van der Waals surface area (Å²) in [6.07, 6.45) is -0.737. The number of fused-ring (bicyclic) bond motifs is 1. The highest BCUT2D eigenvalue weighted by Crippen LogP contribution is 2.43. The predicted octanol–water partition coefficient (Wildman–Crippen LogP) is 4.25. The number of anilines is 1. The third kappa shape index (κ3) is 3.27. The zero-order valence-corrected chi connectivity index (χ0v) is 15.1. The summed E-state index contributed by atoms with van der Waals surface area (Å²) in [5.74, 6) is -0.994. The van der Waals surface area contributed by atoms with Gasteiger partial charge < -0.3 is 9.47 Å². The van der Waals surface area contributed by atoms with Gasteiger partial charge in [0.15, 0.2) is 0 Å². The second-order valence-corrected chi connectivity index (χ2v) is 7.06. The van der Waals surface area contributed by atoms with Crippen LogP contribution < -0.4 is 9.64 Å². The molecule has 1 unspecified atom stereocenters. The fourth-order valence-electron chi connectivity index (χ4n) is 2.95. The van der Waals surface area contributed by atoms with Gasteiger partial charge in [-0.1, -0.05) is 12.1 Å². The summed E-state index contributed by atoms with van der Waals surface area (Å²) in [5.41, 5.74) is 0.918. The van der Waals surface area contributed by atoms with Crippen molar-refractivity contribution >= 4 is 17.7 Å². The third-order valence-corrected chi connectivity index (χ3v) is 4.03. The number of carbonyl (C=O) groups excluding carboxylic acids is 2. The molecule has 2 aromatic rings. The molecule has 0 spiro atoms. The van der Waals surface area contributed by atoms with Gasteiger partial charge in [-0.2, -0.15) is 0 Å². The maximum absolute atomic E-state index is 13.3. The number of hydrogen-bond acceptors (Lipinski definition) is 4. The molecule has 136 valence electrons. The maximum Gasteiger partial charge on any atom is 0.421 e. The van der Waals surface area contributed by atoms with Crippen molar-refractivity contribution in [3.05, 3.63) is 59.4 Å². The molecule has 1 aliphatic heterocycles. The van der Waals surface area contributed by atoms with E-state index in [1.54, 1.807) is 51.1 Å². The van der Waals surface area contributed by atoms with Crippen LogP contribution in [0.3, 0.4) is 0 Å². The van der Waals surface area contributed by atoms with Crippen molar-refractivity contribution in [2.75, 3.05) is 12.0 Å². The zero-order valence-electron chi connectivity index (χ0n) is 15.1. The molecule has 1 heterocycles. The van der Waals surface area contributed by atoms with E-state index in [0.717, 1.165) is 4.90 Å². The molecule has 0 aliphatic carbocycles. The molecule has 2 amide bonds. The van der Waals surface area contributed by atoms with Gasteiger partial charge in [0.05, 0.1) is 18.7 Å². The number of carbonyl (C=O) groups is 2. The number of methoxy groups -OCH3 is 1. The van der Waals surface area contributed by atoms with Crippen LogP contribution in [0.4, 0.5) is 14.9 Å². The highest BCUT2D eigenvalue weighted by atomic mass is 19.1. The highest BCUT2D eigenvalue weighted by molar-refractivity contribution is 6.20. The molecule has 0 aromatic heterocycles. The second-order valence-electron chi connectivity index (χ2n) is 7.06. The third-order valence-electron chi connectivity index (χ3n) is 4.03. The number of hydrogen-bond donors (Lipinski definition) is 0. The Labute approximate surface area is 151 Å². The molecule has 5 nitrogen and oxygen atoms in total. The molecule has 6 heteroatoms. The topological polar surface area (TPSA) is 55.8 Å². The molecule has 0 radical (unpaired) electrons. The van der Waals surface area contributed by atoms with Gasteiger partial charge in [-0.3, -0.25) is 4.79 Å². The zero-order chi connectivity index (χ0) is 19.1. The number of rotatable bonds is 2. The first-order valence-corrected chi connectivity index (χ1v) is 8.21. The van der Waals surface area contributed by atoms with Crippen LogP contribution in [-0.2, 0) is 9.53 Å². The van der Waals surface area contributed by atoms with E-state index in [1.807, 2.05) is 0 Å². The summed E-state index contributed by atoms with van der Waals surface area (Å²) in [7, 11) is 1.52. The average molecular weight is 357 g/mol. The monoisotopic (exact) mass is 357 g/mol. The summed E-state index contributed by atoms with van der Waals surface area (Å²) < 4.78 is 23.9. The normalized spacial score (nSPS) is 16.4. The predicted molar refractivity (Wildman–Crippen MR) is 95.0 cm³/mol. The van der Waals surface area contributed by atoms with Gasteiger partial charge >= 0.3 is 6.09 Å². The first-order chi connectivity index (χ1) is 12.2. The van der Waals surface area contributed by atoms with Crippen molar-refractivity contribution in [3.63, 3.8) is 0 Å². The molecule has 2 aromatic carbocycles. The molecule has 0 bridgehead atoms. The summed E-state index contributed by atoms with van der Waals surface area (Å²) in [6.45, 7) is 5.20. The quantitative estimate of drug-likeness (QED) is 0.806. The number of benzene rings is 2. The van der Waals surface area contributed by atoms with Gasteiger partial charge in [-0.15, -0.1) is 0 Å². The summed E-state index contributed by atoms with van der Waals surface area (Å²) in [4.78, 5) is 26.7. The summed E-state index contributed by atoms with van der Waals surface area (Å²) in [6, 6.07) is 10.7. The Morgan fingerprint density at radius 2 is 1.77 bits per heavy atom. The Balaban J connectivity index is 2.09. The lowest BCUT2D eigenvalue weighted by molar-refractivity contribution is -0.118. The van der Waals surface area contributed by atoms with Gasteiger partial charge in [0.2, 0.25) is 5.91 Å². The first kappa shape index (κ1) is 17.9. The fourth-order valence-corrected chi connectivity index (χ4v) is 2.95.